The second-order valence-electron chi connectivity index (χ2n) is 13.7. The maximum Gasteiger partial charge on any atom is 0.256 e. The molecule has 0 saturated carbocycles. The average molecular weight is 562 g/mol. The number of aromatic nitrogens is 2. The molecule has 4 heteroatoms. The lowest BCUT2D eigenvalue weighted by molar-refractivity contribution is 0.483. The van der Waals surface area contributed by atoms with Gasteiger partial charge in [0, 0.05) is 43.5 Å². The van der Waals surface area contributed by atoms with Crippen LogP contribution in [0.2, 0.25) is 0 Å². The highest BCUT2D eigenvalue weighted by Gasteiger charge is 2.41. The van der Waals surface area contributed by atoms with E-state index in [1.807, 2.05) is 0 Å². The molecule has 11 rings (SSSR count). The highest BCUT2D eigenvalue weighted by atomic mass is 16.5. The zero-order valence-electron chi connectivity index (χ0n) is 24.8. The summed E-state index contributed by atoms with van der Waals surface area (Å²) in [4.78, 5) is 0. The average Bonchev–Trinajstić information content (AvgIpc) is 3.67. The van der Waals surface area contributed by atoms with Crippen LogP contribution in [0.5, 0.6) is 11.5 Å². The van der Waals surface area contributed by atoms with Gasteiger partial charge in [-0.25, -0.2) is 0 Å². The lowest BCUT2D eigenvalue weighted by Crippen LogP contribution is -2.58. The fourth-order valence-electron chi connectivity index (χ4n) is 8.57. The maximum absolute atomic E-state index is 6.78. The molecular formula is C40H27BN2O. The molecular weight excluding hydrogens is 535 g/mol. The summed E-state index contributed by atoms with van der Waals surface area (Å²) in [6.45, 7) is 7.01. The van der Waals surface area contributed by atoms with Gasteiger partial charge in [-0.15, -0.1) is 0 Å². The summed E-state index contributed by atoms with van der Waals surface area (Å²) in [5.41, 5.74) is 12.8. The molecule has 0 saturated heterocycles. The van der Waals surface area contributed by atoms with Crippen molar-refractivity contribution in [2.24, 2.45) is 0 Å². The van der Waals surface area contributed by atoms with Crippen LogP contribution in [0.1, 0.15) is 26.3 Å². The van der Waals surface area contributed by atoms with Crippen LogP contribution in [0.4, 0.5) is 0 Å². The Morgan fingerprint density at radius 3 is 2.09 bits per heavy atom. The van der Waals surface area contributed by atoms with Crippen molar-refractivity contribution in [2.75, 3.05) is 0 Å². The van der Waals surface area contributed by atoms with Gasteiger partial charge >= 0.3 is 0 Å². The van der Waals surface area contributed by atoms with Gasteiger partial charge in [0.1, 0.15) is 11.5 Å². The van der Waals surface area contributed by atoms with E-state index in [2.05, 4.69) is 139 Å². The molecule has 2 aliphatic rings. The molecule has 2 aliphatic heterocycles. The van der Waals surface area contributed by atoms with Crippen LogP contribution < -0.4 is 21.1 Å². The number of nitrogens with zero attached hydrogens (tertiary/aromatic N) is 2. The van der Waals surface area contributed by atoms with Crippen molar-refractivity contribution < 1.29 is 4.74 Å². The third-order valence-electron chi connectivity index (χ3n) is 10.4. The zero-order chi connectivity index (χ0) is 29.1. The van der Waals surface area contributed by atoms with E-state index in [1.54, 1.807) is 0 Å². The molecule has 6 aromatic carbocycles. The second kappa shape index (κ2) is 7.46. The predicted octanol–water partition coefficient (Wildman–Crippen LogP) is 8.17. The highest BCUT2D eigenvalue weighted by molar-refractivity contribution is 6.99. The van der Waals surface area contributed by atoms with Crippen LogP contribution in [0.25, 0.3) is 65.6 Å². The number of hydrogen-bond donors (Lipinski definition) is 0. The van der Waals surface area contributed by atoms with Crippen LogP contribution in [0, 0.1) is 0 Å². The van der Waals surface area contributed by atoms with Crippen molar-refractivity contribution in [1.82, 2.24) is 8.97 Å². The van der Waals surface area contributed by atoms with E-state index >= 15 is 0 Å². The van der Waals surface area contributed by atoms with Crippen molar-refractivity contribution in [3.63, 3.8) is 0 Å². The fraction of sp³-hybridized carbons (Fsp3) is 0.100. The summed E-state index contributed by atoms with van der Waals surface area (Å²) in [7, 11) is 0. The van der Waals surface area contributed by atoms with Gasteiger partial charge < -0.3 is 13.7 Å². The van der Waals surface area contributed by atoms with Crippen molar-refractivity contribution >= 4 is 83.0 Å². The van der Waals surface area contributed by atoms with Crippen molar-refractivity contribution in [3.05, 3.63) is 115 Å². The first-order valence-electron chi connectivity index (χ1n) is 15.6. The maximum atomic E-state index is 6.78. The molecule has 0 bridgehead atoms. The minimum Gasteiger partial charge on any atom is -0.458 e. The summed E-state index contributed by atoms with van der Waals surface area (Å²) in [6, 6.07) is 40.6. The Morgan fingerprint density at radius 2 is 1.25 bits per heavy atom. The fourth-order valence-corrected chi connectivity index (χ4v) is 8.57. The Morgan fingerprint density at radius 1 is 0.568 bits per heavy atom. The van der Waals surface area contributed by atoms with E-state index in [9.17, 15) is 0 Å². The summed E-state index contributed by atoms with van der Waals surface area (Å²) in [5, 5.41) is 7.89. The van der Waals surface area contributed by atoms with Crippen LogP contribution >= 0.6 is 0 Å². The van der Waals surface area contributed by atoms with Crippen LogP contribution in [-0.2, 0) is 5.41 Å². The first kappa shape index (κ1) is 23.3. The summed E-state index contributed by atoms with van der Waals surface area (Å²) < 4.78 is 11.9. The molecule has 206 valence electrons. The Bertz CT molecular complexity index is 2740. The Balaban J connectivity index is 1.44. The van der Waals surface area contributed by atoms with Gasteiger partial charge in [-0.1, -0.05) is 93.6 Å². The van der Waals surface area contributed by atoms with Gasteiger partial charge in [0.25, 0.3) is 6.71 Å². The molecule has 0 unspecified atom stereocenters. The van der Waals surface area contributed by atoms with Gasteiger partial charge in [0.05, 0.1) is 22.1 Å². The lowest BCUT2D eigenvalue weighted by atomic mass is 9.34. The van der Waals surface area contributed by atoms with Crippen LogP contribution in [0.3, 0.4) is 0 Å². The number of benzene rings is 6. The molecule has 3 nitrogen and oxygen atoms in total. The van der Waals surface area contributed by atoms with E-state index < -0.39 is 0 Å². The molecule has 0 spiro atoms. The van der Waals surface area contributed by atoms with E-state index in [0.717, 1.165) is 11.5 Å². The third-order valence-corrected chi connectivity index (χ3v) is 10.4. The van der Waals surface area contributed by atoms with Crippen LogP contribution in [0.15, 0.2) is 109 Å². The Kier molecular flexibility index (Phi) is 3.94. The minimum absolute atomic E-state index is 0.0382. The molecule has 0 atom stereocenters. The molecule has 0 amide bonds. The molecule has 3 aromatic heterocycles. The molecule has 0 radical (unpaired) electrons. The molecule has 0 aliphatic carbocycles. The Labute approximate surface area is 254 Å². The third kappa shape index (κ3) is 2.55. The minimum atomic E-state index is -0.0382. The molecule has 5 heterocycles. The van der Waals surface area contributed by atoms with Gasteiger partial charge in [-0.3, -0.25) is 0 Å². The quantitative estimate of drug-likeness (QED) is 0.171. The molecule has 9 aromatic rings. The number of fused-ring (bicyclic) bond motifs is 14. The van der Waals surface area contributed by atoms with Crippen molar-refractivity contribution in [3.8, 4) is 17.2 Å². The van der Waals surface area contributed by atoms with E-state index in [1.165, 1.54) is 87.5 Å². The number of rotatable bonds is 0. The summed E-state index contributed by atoms with van der Waals surface area (Å²) >= 11 is 0. The monoisotopic (exact) mass is 562 g/mol. The van der Waals surface area contributed by atoms with Crippen LogP contribution in [-0.4, -0.2) is 15.7 Å². The normalized spacial score (nSPS) is 13.9. The lowest BCUT2D eigenvalue weighted by Gasteiger charge is -2.35. The first-order valence-corrected chi connectivity index (χ1v) is 15.6. The SMILES string of the molecule is CC(C)(C)c1cc2c3c(c1)-n1c4c(cccc4c4cc5c6ccccc6n6c7ccccc7c(c41)c56)B3c1ccccc1O2. The largest absolute Gasteiger partial charge is 0.458 e. The topological polar surface area (TPSA) is 18.6 Å². The van der Waals surface area contributed by atoms with E-state index in [4.69, 9.17) is 4.74 Å². The van der Waals surface area contributed by atoms with E-state index in [0.29, 0.717) is 0 Å². The van der Waals surface area contributed by atoms with Gasteiger partial charge in [0.2, 0.25) is 0 Å². The number of ether oxygens (including phenoxy) is 1. The number of hydrogen-bond acceptors (Lipinski definition) is 1. The zero-order valence-corrected chi connectivity index (χ0v) is 24.8. The van der Waals surface area contributed by atoms with Gasteiger partial charge in [0.15, 0.2) is 0 Å². The predicted molar refractivity (Wildman–Crippen MR) is 185 cm³/mol. The van der Waals surface area contributed by atoms with Gasteiger partial charge in [-0.05, 0) is 63.8 Å². The summed E-state index contributed by atoms with van der Waals surface area (Å²) in [5.74, 6) is 1.94. The number of para-hydroxylation sites is 4. The molecule has 0 N–H and O–H groups in total. The smallest absolute Gasteiger partial charge is 0.256 e. The van der Waals surface area contributed by atoms with Gasteiger partial charge in [-0.2, -0.15) is 0 Å². The first-order chi connectivity index (χ1) is 21.5. The summed E-state index contributed by atoms with van der Waals surface area (Å²) in [6.07, 6.45) is 0. The van der Waals surface area contributed by atoms with E-state index in [-0.39, 0.29) is 12.1 Å². The Hall–Kier alpha value is -5.22. The van der Waals surface area contributed by atoms with Crippen molar-refractivity contribution in [1.29, 1.82) is 0 Å². The van der Waals surface area contributed by atoms with Crippen molar-refractivity contribution in [2.45, 2.75) is 26.2 Å². The molecule has 44 heavy (non-hydrogen) atoms. The second-order valence-corrected chi connectivity index (χ2v) is 13.7. The highest BCUT2D eigenvalue weighted by Crippen LogP contribution is 2.47. The molecule has 0 fully saturated rings. The standard InChI is InChI=1S/C40H27BN2O/c1-40(2,3)22-19-32-36-34(20-22)44-33-18-9-6-14-28(33)41(36)29-15-10-13-24-27-21-26-23-11-4-7-16-30(23)42-31-17-8-5-12-25(31)35(38(26)42)39(27)43(32)37(24)29/h4-21H,1-3H3.